The van der Waals surface area contributed by atoms with Gasteiger partial charge in [0.2, 0.25) is 5.91 Å². The minimum Gasteiger partial charge on any atom is -0.493 e. The van der Waals surface area contributed by atoms with Crippen molar-refractivity contribution in [3.8, 4) is 11.5 Å². The first-order chi connectivity index (χ1) is 10.6. The van der Waals surface area contributed by atoms with Crippen molar-refractivity contribution >= 4 is 23.6 Å². The third-order valence-corrected chi connectivity index (χ3v) is 3.34. The van der Waals surface area contributed by atoms with E-state index in [1.54, 1.807) is 31.4 Å². The summed E-state index contributed by atoms with van der Waals surface area (Å²) in [4.78, 5) is 10.8. The molecule has 0 aliphatic heterocycles. The van der Waals surface area contributed by atoms with E-state index in [-0.39, 0.29) is 0 Å². The van der Waals surface area contributed by atoms with Crippen molar-refractivity contribution in [1.29, 1.82) is 0 Å². The molecule has 22 heavy (non-hydrogen) atoms. The molecule has 0 unspecified atom stereocenters. The summed E-state index contributed by atoms with van der Waals surface area (Å²) in [5, 5.41) is 0.645. The van der Waals surface area contributed by atoms with Crippen LogP contribution in [0.15, 0.2) is 48.5 Å². The van der Waals surface area contributed by atoms with Crippen molar-refractivity contribution in [3.63, 3.8) is 0 Å². The van der Waals surface area contributed by atoms with Gasteiger partial charge in [-0.2, -0.15) is 0 Å². The molecule has 0 fully saturated rings. The van der Waals surface area contributed by atoms with Crippen molar-refractivity contribution < 1.29 is 14.3 Å². The molecule has 2 aromatic carbocycles. The quantitative estimate of drug-likeness (QED) is 0.830. The van der Waals surface area contributed by atoms with E-state index < -0.39 is 5.91 Å². The maximum atomic E-state index is 10.8. The van der Waals surface area contributed by atoms with Crippen LogP contribution in [0.3, 0.4) is 0 Å². The third kappa shape index (κ3) is 4.27. The van der Waals surface area contributed by atoms with Crippen LogP contribution in [0.1, 0.15) is 11.1 Å². The highest BCUT2D eigenvalue weighted by Crippen LogP contribution is 2.30. The van der Waals surface area contributed by atoms with Gasteiger partial charge in [0.25, 0.3) is 0 Å². The minimum atomic E-state index is -0.505. The molecule has 1 amide bonds. The number of nitrogens with two attached hydrogens (primary N) is 1. The highest BCUT2D eigenvalue weighted by Gasteiger charge is 2.07. The van der Waals surface area contributed by atoms with E-state index in [0.717, 1.165) is 11.1 Å². The molecular weight excluding hydrogens is 302 g/mol. The molecule has 0 saturated heterocycles. The number of carbonyl (C=O) groups is 1. The van der Waals surface area contributed by atoms with E-state index in [1.165, 1.54) is 6.08 Å². The number of carbonyl (C=O) groups excluding carboxylic acids is 1. The lowest BCUT2D eigenvalue weighted by Crippen LogP contribution is -2.05. The predicted molar refractivity (Wildman–Crippen MR) is 87.0 cm³/mol. The van der Waals surface area contributed by atoms with Gasteiger partial charge in [0.1, 0.15) is 6.61 Å². The van der Waals surface area contributed by atoms with E-state index in [0.29, 0.717) is 23.1 Å². The lowest BCUT2D eigenvalue weighted by molar-refractivity contribution is -0.113. The van der Waals surface area contributed by atoms with E-state index in [9.17, 15) is 4.79 Å². The second-order valence-corrected chi connectivity index (χ2v) is 4.93. The molecule has 0 spiro atoms. The van der Waals surface area contributed by atoms with Crippen molar-refractivity contribution in [2.45, 2.75) is 6.61 Å². The zero-order chi connectivity index (χ0) is 15.9. The number of amides is 1. The number of primary amides is 1. The zero-order valence-corrected chi connectivity index (χ0v) is 12.8. The van der Waals surface area contributed by atoms with Crippen LogP contribution in [0.5, 0.6) is 11.5 Å². The first-order valence-electron chi connectivity index (χ1n) is 6.62. The van der Waals surface area contributed by atoms with E-state index in [1.807, 2.05) is 24.3 Å². The minimum absolute atomic E-state index is 0.318. The Kier molecular flexibility index (Phi) is 5.44. The lowest BCUT2D eigenvalue weighted by Gasteiger charge is -2.12. The molecular formula is C17H16ClNO3. The van der Waals surface area contributed by atoms with Crippen LogP contribution in [-0.2, 0) is 11.4 Å². The smallest absolute Gasteiger partial charge is 0.241 e. The largest absolute Gasteiger partial charge is 0.493 e. The Bertz CT molecular complexity index is 698. The van der Waals surface area contributed by atoms with Crippen molar-refractivity contribution in [2.75, 3.05) is 7.11 Å². The molecule has 0 saturated carbocycles. The molecule has 114 valence electrons. The van der Waals surface area contributed by atoms with Gasteiger partial charge in [-0.25, -0.2) is 0 Å². The highest BCUT2D eigenvalue weighted by molar-refractivity contribution is 6.31. The van der Waals surface area contributed by atoms with Crippen LogP contribution in [0.25, 0.3) is 6.08 Å². The topological polar surface area (TPSA) is 61.5 Å². The predicted octanol–water partition coefficient (Wildman–Crippen LogP) is 3.43. The molecule has 0 atom stereocenters. The summed E-state index contributed by atoms with van der Waals surface area (Å²) in [6.45, 7) is 0.318. The number of methoxy groups -OCH3 is 1. The third-order valence-electron chi connectivity index (χ3n) is 2.97. The van der Waals surface area contributed by atoms with Gasteiger partial charge in [0.05, 0.1) is 7.11 Å². The monoisotopic (exact) mass is 317 g/mol. The summed E-state index contributed by atoms with van der Waals surface area (Å²) in [6.07, 6.45) is 2.91. The summed E-state index contributed by atoms with van der Waals surface area (Å²) in [5.41, 5.74) is 6.75. The number of halogens is 1. The maximum absolute atomic E-state index is 10.8. The Balaban J connectivity index is 2.19. The van der Waals surface area contributed by atoms with Crippen molar-refractivity contribution in [3.05, 3.63) is 64.7 Å². The highest BCUT2D eigenvalue weighted by atomic mass is 35.5. The average Bonchev–Trinajstić information content (AvgIpc) is 2.52. The molecule has 0 aliphatic rings. The summed E-state index contributed by atoms with van der Waals surface area (Å²) < 4.78 is 11.1. The van der Waals surface area contributed by atoms with Gasteiger partial charge in [-0.3, -0.25) is 4.79 Å². The molecule has 0 radical (unpaired) electrons. The fraction of sp³-hybridized carbons (Fsp3) is 0.118. The van der Waals surface area contributed by atoms with Gasteiger partial charge in [0, 0.05) is 16.7 Å². The van der Waals surface area contributed by atoms with Crippen LogP contribution < -0.4 is 15.2 Å². The number of hydrogen-bond donors (Lipinski definition) is 1. The SMILES string of the molecule is COc1ccc(C=CC(N)=O)cc1OCc1ccccc1Cl. The Hall–Kier alpha value is -2.46. The molecule has 4 nitrogen and oxygen atoms in total. The Morgan fingerprint density at radius 1 is 1.23 bits per heavy atom. The fourth-order valence-electron chi connectivity index (χ4n) is 1.86. The van der Waals surface area contributed by atoms with Crippen molar-refractivity contribution in [2.24, 2.45) is 5.73 Å². The summed E-state index contributed by atoms with van der Waals surface area (Å²) in [5.74, 6) is 0.659. The number of ether oxygens (including phenoxy) is 2. The van der Waals surface area contributed by atoms with E-state index in [4.69, 9.17) is 26.8 Å². The first kappa shape index (κ1) is 15.9. The summed E-state index contributed by atoms with van der Waals surface area (Å²) in [6, 6.07) is 12.8. The Labute approximate surface area is 134 Å². The van der Waals surface area contributed by atoms with Gasteiger partial charge in [-0.1, -0.05) is 35.9 Å². The number of rotatable bonds is 6. The van der Waals surface area contributed by atoms with Crippen LogP contribution in [0.2, 0.25) is 5.02 Å². The molecule has 2 N–H and O–H groups in total. The second-order valence-electron chi connectivity index (χ2n) is 4.53. The number of hydrogen-bond acceptors (Lipinski definition) is 3. The van der Waals surface area contributed by atoms with Gasteiger partial charge in [-0.15, -0.1) is 0 Å². The molecule has 0 aromatic heterocycles. The van der Waals surface area contributed by atoms with E-state index >= 15 is 0 Å². The van der Waals surface area contributed by atoms with Crippen LogP contribution in [0.4, 0.5) is 0 Å². The van der Waals surface area contributed by atoms with Crippen LogP contribution in [-0.4, -0.2) is 13.0 Å². The van der Waals surface area contributed by atoms with Gasteiger partial charge in [0.15, 0.2) is 11.5 Å². The maximum Gasteiger partial charge on any atom is 0.241 e. The zero-order valence-electron chi connectivity index (χ0n) is 12.1. The Morgan fingerprint density at radius 2 is 2.00 bits per heavy atom. The standard InChI is InChI=1S/C17H16ClNO3/c1-21-15-8-6-12(7-9-17(19)20)10-16(15)22-11-13-4-2-3-5-14(13)18/h2-10H,11H2,1H3,(H2,19,20). The van der Waals surface area contributed by atoms with Gasteiger partial charge in [-0.05, 0) is 29.8 Å². The normalized spacial score (nSPS) is 10.6. The summed E-state index contributed by atoms with van der Waals surface area (Å²) >= 11 is 6.11. The number of benzene rings is 2. The van der Waals surface area contributed by atoms with Crippen LogP contribution >= 0.6 is 11.6 Å². The molecule has 0 aliphatic carbocycles. The average molecular weight is 318 g/mol. The molecule has 2 rings (SSSR count). The van der Waals surface area contributed by atoms with Crippen LogP contribution in [0, 0.1) is 0 Å². The Morgan fingerprint density at radius 3 is 2.68 bits per heavy atom. The molecule has 2 aromatic rings. The van der Waals surface area contributed by atoms with Gasteiger partial charge >= 0.3 is 0 Å². The molecule has 5 heteroatoms. The van der Waals surface area contributed by atoms with E-state index in [2.05, 4.69) is 0 Å². The second kappa shape index (κ2) is 7.52. The fourth-order valence-corrected chi connectivity index (χ4v) is 2.05. The molecule has 0 bridgehead atoms. The molecule has 0 heterocycles. The van der Waals surface area contributed by atoms with Gasteiger partial charge < -0.3 is 15.2 Å². The summed E-state index contributed by atoms with van der Waals surface area (Å²) in [7, 11) is 1.57. The lowest BCUT2D eigenvalue weighted by atomic mass is 10.2. The van der Waals surface area contributed by atoms with Crippen molar-refractivity contribution in [1.82, 2.24) is 0 Å². The first-order valence-corrected chi connectivity index (χ1v) is 6.99.